The van der Waals surface area contributed by atoms with Crippen molar-refractivity contribution in [2.75, 3.05) is 18.0 Å². The maximum atomic E-state index is 13.3. The maximum absolute atomic E-state index is 13.3. The normalized spacial score (nSPS) is 11.4. The third-order valence-electron chi connectivity index (χ3n) is 4.74. The van der Waals surface area contributed by atoms with Gasteiger partial charge in [0.05, 0.1) is 28.4 Å². The minimum absolute atomic E-state index is 0.0315. The number of hydrogen-bond donors (Lipinski definition) is 2. The zero-order valence-corrected chi connectivity index (χ0v) is 21.4. The summed E-state index contributed by atoms with van der Waals surface area (Å²) >= 11 is 9.42. The molecule has 0 radical (unpaired) electrons. The molecule has 3 aromatic rings. The minimum atomic E-state index is -4.06. The molecular formula is C23H21BrClN3O5S. The minimum Gasteiger partial charge on any atom is -0.503 e. The standard InChI is InChI=1S/C23H21BrClN3O5S/c1-15-8-9-17(12-20(15)25)28(34(31,32)18-6-4-3-5-7-18)14-22(29)27-26-13-16-10-19(24)23(30)21(11-16)33-2/h3-13,30H,14H2,1-2H3,(H,27,29)/b26-13-. The Morgan fingerprint density at radius 2 is 1.91 bits per heavy atom. The van der Waals surface area contributed by atoms with Crippen LogP contribution in [0.25, 0.3) is 0 Å². The second-order valence-electron chi connectivity index (χ2n) is 7.10. The van der Waals surface area contributed by atoms with Gasteiger partial charge < -0.3 is 9.84 Å². The van der Waals surface area contributed by atoms with E-state index in [1.807, 2.05) is 0 Å². The molecular weight excluding hydrogens is 546 g/mol. The summed E-state index contributed by atoms with van der Waals surface area (Å²) in [6.07, 6.45) is 1.34. The van der Waals surface area contributed by atoms with Crippen molar-refractivity contribution in [1.29, 1.82) is 0 Å². The number of carbonyl (C=O) groups is 1. The van der Waals surface area contributed by atoms with E-state index in [-0.39, 0.29) is 22.1 Å². The first-order valence-corrected chi connectivity index (χ1v) is 12.5. The molecule has 2 N–H and O–H groups in total. The van der Waals surface area contributed by atoms with Gasteiger partial charge in [-0.3, -0.25) is 9.10 Å². The zero-order chi connectivity index (χ0) is 24.9. The number of ether oxygens (including phenoxy) is 1. The van der Waals surface area contributed by atoms with Crippen LogP contribution in [0, 0.1) is 6.92 Å². The van der Waals surface area contributed by atoms with Crippen molar-refractivity contribution >= 4 is 55.4 Å². The number of hydrogen-bond acceptors (Lipinski definition) is 6. The van der Waals surface area contributed by atoms with E-state index in [9.17, 15) is 18.3 Å². The first-order chi connectivity index (χ1) is 16.1. The lowest BCUT2D eigenvalue weighted by molar-refractivity contribution is -0.119. The lowest BCUT2D eigenvalue weighted by Gasteiger charge is -2.24. The number of phenolic OH excluding ortho intramolecular Hbond substituents is 1. The number of nitrogens with zero attached hydrogens (tertiary/aromatic N) is 2. The van der Waals surface area contributed by atoms with Crippen LogP contribution in [0.5, 0.6) is 11.5 Å². The van der Waals surface area contributed by atoms with Gasteiger partial charge in [0.15, 0.2) is 11.5 Å². The Balaban J connectivity index is 1.85. The highest BCUT2D eigenvalue weighted by Crippen LogP contribution is 2.34. The Morgan fingerprint density at radius 1 is 1.21 bits per heavy atom. The van der Waals surface area contributed by atoms with Crippen LogP contribution in [0.1, 0.15) is 11.1 Å². The third kappa shape index (κ3) is 5.88. The number of amides is 1. The second-order valence-corrected chi connectivity index (χ2v) is 10.2. The first kappa shape index (κ1) is 25.5. The van der Waals surface area contributed by atoms with Crippen molar-refractivity contribution in [3.05, 3.63) is 81.3 Å². The Hall–Kier alpha value is -3.08. The van der Waals surface area contributed by atoms with Crippen LogP contribution in [-0.2, 0) is 14.8 Å². The molecule has 0 atom stereocenters. The quantitative estimate of drug-likeness (QED) is 0.309. The third-order valence-corrected chi connectivity index (χ3v) is 7.54. The van der Waals surface area contributed by atoms with Crippen LogP contribution in [-0.4, -0.2) is 39.3 Å². The van der Waals surface area contributed by atoms with Crippen LogP contribution in [0.4, 0.5) is 5.69 Å². The monoisotopic (exact) mass is 565 g/mol. The summed E-state index contributed by atoms with van der Waals surface area (Å²) in [5.41, 5.74) is 3.87. The largest absolute Gasteiger partial charge is 0.503 e. The number of phenols is 1. The molecule has 0 aliphatic rings. The summed E-state index contributed by atoms with van der Waals surface area (Å²) in [7, 11) is -2.66. The molecule has 0 bridgehead atoms. The number of anilines is 1. The van der Waals surface area contributed by atoms with Crippen molar-refractivity contribution in [1.82, 2.24) is 5.43 Å². The average molecular weight is 567 g/mol. The maximum Gasteiger partial charge on any atom is 0.264 e. The van der Waals surface area contributed by atoms with E-state index in [2.05, 4.69) is 26.5 Å². The van der Waals surface area contributed by atoms with Gasteiger partial charge in [-0.25, -0.2) is 13.8 Å². The van der Waals surface area contributed by atoms with Crippen molar-refractivity contribution in [3.63, 3.8) is 0 Å². The molecule has 0 heterocycles. The fraction of sp³-hybridized carbons (Fsp3) is 0.130. The lowest BCUT2D eigenvalue weighted by atomic mass is 10.2. The van der Waals surface area contributed by atoms with Crippen LogP contribution in [0.3, 0.4) is 0 Å². The van der Waals surface area contributed by atoms with Crippen LogP contribution >= 0.6 is 27.5 Å². The SMILES string of the molecule is COc1cc(/C=N\NC(=O)CN(c2ccc(C)c(Cl)c2)S(=O)(=O)c2ccccc2)cc(Br)c1O. The van der Waals surface area contributed by atoms with E-state index in [1.165, 1.54) is 37.6 Å². The molecule has 0 aliphatic heterocycles. The highest BCUT2D eigenvalue weighted by atomic mass is 79.9. The van der Waals surface area contributed by atoms with E-state index in [4.69, 9.17) is 16.3 Å². The Bertz CT molecular complexity index is 1330. The molecule has 178 valence electrons. The summed E-state index contributed by atoms with van der Waals surface area (Å²) in [5.74, 6) is -0.516. The predicted octanol–water partition coefficient (Wildman–Crippen LogP) is 4.47. The molecule has 0 fully saturated rings. The topological polar surface area (TPSA) is 108 Å². The number of sulfonamides is 1. The van der Waals surface area contributed by atoms with Crippen molar-refractivity contribution in [2.24, 2.45) is 5.10 Å². The predicted molar refractivity (Wildman–Crippen MR) is 135 cm³/mol. The fourth-order valence-corrected chi connectivity index (χ4v) is 5.01. The van der Waals surface area contributed by atoms with Crippen molar-refractivity contribution < 1.29 is 23.1 Å². The summed E-state index contributed by atoms with van der Waals surface area (Å²) in [6, 6.07) is 15.6. The highest BCUT2D eigenvalue weighted by molar-refractivity contribution is 9.10. The molecule has 3 rings (SSSR count). The Labute approximate surface area is 211 Å². The van der Waals surface area contributed by atoms with Crippen LogP contribution < -0.4 is 14.5 Å². The molecule has 1 amide bonds. The second kappa shape index (κ2) is 10.9. The zero-order valence-electron chi connectivity index (χ0n) is 18.2. The first-order valence-electron chi connectivity index (χ1n) is 9.86. The fourth-order valence-electron chi connectivity index (χ4n) is 2.94. The van der Waals surface area contributed by atoms with Gasteiger partial charge in [-0.1, -0.05) is 35.9 Å². The molecule has 8 nitrogen and oxygen atoms in total. The molecule has 0 aliphatic carbocycles. The van der Waals surface area contributed by atoms with Gasteiger partial charge in [-0.2, -0.15) is 5.10 Å². The van der Waals surface area contributed by atoms with E-state index in [1.54, 1.807) is 43.3 Å². The number of hydrazone groups is 1. The molecule has 34 heavy (non-hydrogen) atoms. The number of methoxy groups -OCH3 is 1. The smallest absolute Gasteiger partial charge is 0.264 e. The molecule has 3 aromatic carbocycles. The number of nitrogens with one attached hydrogen (secondary N) is 1. The van der Waals surface area contributed by atoms with Crippen molar-refractivity contribution in [2.45, 2.75) is 11.8 Å². The van der Waals surface area contributed by atoms with Gasteiger partial charge in [0.2, 0.25) is 0 Å². The van der Waals surface area contributed by atoms with E-state index >= 15 is 0 Å². The number of benzene rings is 3. The average Bonchev–Trinajstić information content (AvgIpc) is 2.82. The van der Waals surface area contributed by atoms with Crippen molar-refractivity contribution in [3.8, 4) is 11.5 Å². The molecule has 0 saturated heterocycles. The van der Waals surface area contributed by atoms with Crippen LogP contribution in [0.15, 0.2) is 75.1 Å². The Kier molecular flexibility index (Phi) is 8.19. The lowest BCUT2D eigenvalue weighted by Crippen LogP contribution is -2.39. The summed E-state index contributed by atoms with van der Waals surface area (Å²) in [5, 5.41) is 14.2. The summed E-state index contributed by atoms with van der Waals surface area (Å²) in [4.78, 5) is 12.7. The number of aryl methyl sites for hydroxylation is 1. The molecule has 0 saturated carbocycles. The van der Waals surface area contributed by atoms with Crippen LogP contribution in [0.2, 0.25) is 5.02 Å². The van der Waals surface area contributed by atoms with Gasteiger partial charge in [-0.05, 0) is 70.4 Å². The molecule has 0 aromatic heterocycles. The Morgan fingerprint density at radius 3 is 2.56 bits per heavy atom. The number of halogens is 2. The number of carbonyl (C=O) groups excluding carboxylic acids is 1. The van der Waals surface area contributed by atoms with Gasteiger partial charge in [0.25, 0.3) is 15.9 Å². The molecule has 0 unspecified atom stereocenters. The van der Waals surface area contributed by atoms with Gasteiger partial charge in [-0.15, -0.1) is 0 Å². The summed E-state index contributed by atoms with van der Waals surface area (Å²) in [6.45, 7) is 1.26. The number of rotatable bonds is 8. The number of aromatic hydroxyl groups is 1. The summed E-state index contributed by atoms with van der Waals surface area (Å²) < 4.78 is 33.1. The highest BCUT2D eigenvalue weighted by Gasteiger charge is 2.27. The van der Waals surface area contributed by atoms with E-state index in [0.717, 1.165) is 9.87 Å². The molecule has 11 heteroatoms. The van der Waals surface area contributed by atoms with E-state index < -0.39 is 22.5 Å². The van der Waals surface area contributed by atoms with E-state index in [0.29, 0.717) is 15.1 Å². The molecule has 0 spiro atoms. The van der Waals surface area contributed by atoms with Gasteiger partial charge >= 0.3 is 0 Å². The van der Waals surface area contributed by atoms with Gasteiger partial charge in [0, 0.05) is 5.02 Å². The van der Waals surface area contributed by atoms with Gasteiger partial charge in [0.1, 0.15) is 6.54 Å².